The van der Waals surface area contributed by atoms with Crippen LogP contribution in [0.2, 0.25) is 0 Å². The van der Waals surface area contributed by atoms with E-state index in [0.29, 0.717) is 30.4 Å². The van der Waals surface area contributed by atoms with Crippen molar-refractivity contribution >= 4 is 40.7 Å². The van der Waals surface area contributed by atoms with E-state index in [0.717, 1.165) is 23.4 Å². The van der Waals surface area contributed by atoms with E-state index in [9.17, 15) is 14.7 Å². The Balaban J connectivity index is 1.47. The number of nitrogens with zero attached hydrogens (tertiary/aromatic N) is 5. The summed E-state index contributed by atoms with van der Waals surface area (Å²) in [6.07, 6.45) is 4.63. The third kappa shape index (κ3) is 2.75. The fourth-order valence-electron chi connectivity index (χ4n) is 4.14. The molecule has 0 aliphatic carbocycles. The van der Waals surface area contributed by atoms with Gasteiger partial charge in [-0.3, -0.25) is 4.79 Å². The van der Waals surface area contributed by atoms with Crippen LogP contribution in [0.4, 0.5) is 23.1 Å². The standard InChI is InChI=1S/C20H21N7O3/c1-20(2)12-6-5-11(10-13(12)23-18(20)30)22-19-24-16-15(21-7-9-27(16)25-19)26-8-3-4-14(26)17(28)29/h5-7,9-10,14H,3-4,8H2,1-2H3,(H,22,25)(H,23,30)(H,28,29). The molecule has 10 nitrogen and oxygen atoms in total. The van der Waals surface area contributed by atoms with Crippen LogP contribution < -0.4 is 15.5 Å². The number of carboxylic acids is 1. The highest BCUT2D eigenvalue weighted by Gasteiger charge is 2.38. The Labute approximate surface area is 171 Å². The Hall–Kier alpha value is -3.69. The van der Waals surface area contributed by atoms with E-state index in [1.807, 2.05) is 32.0 Å². The Kier molecular flexibility index (Phi) is 3.92. The maximum atomic E-state index is 12.2. The SMILES string of the molecule is CC1(C)C(=O)Nc2cc(Nc3nc4c(N5CCCC5C(=O)O)nccn4n3)ccc21. The van der Waals surface area contributed by atoms with Gasteiger partial charge in [0.2, 0.25) is 11.9 Å². The van der Waals surface area contributed by atoms with Gasteiger partial charge in [-0.05, 0) is 44.4 Å². The van der Waals surface area contributed by atoms with Crippen molar-refractivity contribution in [1.29, 1.82) is 0 Å². The molecule has 2 aliphatic rings. The molecule has 1 fully saturated rings. The summed E-state index contributed by atoms with van der Waals surface area (Å²) in [5, 5.41) is 20.0. The second-order valence-corrected chi connectivity index (χ2v) is 8.11. The van der Waals surface area contributed by atoms with Crippen LogP contribution in [-0.4, -0.2) is 49.2 Å². The smallest absolute Gasteiger partial charge is 0.326 e. The lowest BCUT2D eigenvalue weighted by molar-refractivity contribution is -0.138. The molecule has 1 unspecified atom stereocenters. The predicted octanol–water partition coefficient (Wildman–Crippen LogP) is 2.15. The highest BCUT2D eigenvalue weighted by atomic mass is 16.4. The number of hydrogen-bond acceptors (Lipinski definition) is 7. The lowest BCUT2D eigenvalue weighted by Crippen LogP contribution is -2.36. The molecule has 10 heteroatoms. The lowest BCUT2D eigenvalue weighted by Gasteiger charge is -2.22. The molecule has 1 aromatic carbocycles. The first-order valence-electron chi connectivity index (χ1n) is 9.78. The molecule has 1 amide bonds. The molecule has 0 bridgehead atoms. The quantitative estimate of drug-likeness (QED) is 0.601. The fraction of sp³-hybridized carbons (Fsp3) is 0.350. The minimum Gasteiger partial charge on any atom is -0.480 e. The summed E-state index contributed by atoms with van der Waals surface area (Å²) in [7, 11) is 0. The molecule has 4 heterocycles. The molecule has 0 radical (unpaired) electrons. The van der Waals surface area contributed by atoms with Crippen LogP contribution in [0.5, 0.6) is 0 Å². The summed E-state index contributed by atoms with van der Waals surface area (Å²) in [6.45, 7) is 4.39. The van der Waals surface area contributed by atoms with E-state index in [1.165, 1.54) is 0 Å². The number of carbonyl (C=O) groups is 2. The third-order valence-electron chi connectivity index (χ3n) is 5.81. The van der Waals surface area contributed by atoms with Gasteiger partial charge in [0.05, 0.1) is 5.41 Å². The number of benzene rings is 1. The zero-order valence-corrected chi connectivity index (χ0v) is 16.6. The molecule has 2 aliphatic heterocycles. The van der Waals surface area contributed by atoms with Crippen molar-refractivity contribution < 1.29 is 14.7 Å². The Morgan fingerprint density at radius 3 is 3.00 bits per heavy atom. The van der Waals surface area contributed by atoms with E-state index in [2.05, 4.69) is 25.7 Å². The first-order valence-corrected chi connectivity index (χ1v) is 9.78. The number of carbonyl (C=O) groups excluding carboxylic acids is 1. The van der Waals surface area contributed by atoms with Crippen LogP contribution in [0, 0.1) is 0 Å². The number of rotatable bonds is 4. The minimum atomic E-state index is -0.864. The molecule has 1 saturated heterocycles. The highest BCUT2D eigenvalue weighted by molar-refractivity contribution is 6.06. The zero-order valence-electron chi connectivity index (χ0n) is 16.6. The number of amides is 1. The van der Waals surface area contributed by atoms with Crippen molar-refractivity contribution in [2.45, 2.75) is 38.1 Å². The normalized spacial score (nSPS) is 19.7. The van der Waals surface area contributed by atoms with Crippen LogP contribution in [-0.2, 0) is 15.0 Å². The number of anilines is 4. The molecule has 1 atom stereocenters. The molecule has 2 aromatic heterocycles. The summed E-state index contributed by atoms with van der Waals surface area (Å²) < 4.78 is 1.58. The van der Waals surface area contributed by atoms with Crippen LogP contribution in [0.25, 0.3) is 5.65 Å². The van der Waals surface area contributed by atoms with Gasteiger partial charge in [-0.25, -0.2) is 14.3 Å². The molecule has 3 N–H and O–H groups in total. The molecule has 0 spiro atoms. The van der Waals surface area contributed by atoms with E-state index >= 15 is 0 Å². The maximum Gasteiger partial charge on any atom is 0.326 e. The van der Waals surface area contributed by atoms with Crippen LogP contribution in [0.15, 0.2) is 30.6 Å². The Morgan fingerprint density at radius 1 is 1.37 bits per heavy atom. The van der Waals surface area contributed by atoms with Crippen LogP contribution in [0.3, 0.4) is 0 Å². The second-order valence-electron chi connectivity index (χ2n) is 8.11. The van der Waals surface area contributed by atoms with E-state index in [-0.39, 0.29) is 5.91 Å². The minimum absolute atomic E-state index is 0.0326. The van der Waals surface area contributed by atoms with Crippen molar-refractivity contribution in [3.8, 4) is 0 Å². The van der Waals surface area contributed by atoms with E-state index in [1.54, 1.807) is 21.8 Å². The van der Waals surface area contributed by atoms with Crippen LogP contribution in [0.1, 0.15) is 32.3 Å². The van der Waals surface area contributed by atoms with Gasteiger partial charge in [0, 0.05) is 30.3 Å². The van der Waals surface area contributed by atoms with Gasteiger partial charge in [-0.15, -0.1) is 5.10 Å². The predicted molar refractivity (Wildman–Crippen MR) is 110 cm³/mol. The number of fused-ring (bicyclic) bond motifs is 2. The van der Waals surface area contributed by atoms with E-state index < -0.39 is 17.4 Å². The van der Waals surface area contributed by atoms with Gasteiger partial charge in [0.25, 0.3) is 0 Å². The van der Waals surface area contributed by atoms with Crippen molar-refractivity contribution in [3.05, 3.63) is 36.2 Å². The molecule has 30 heavy (non-hydrogen) atoms. The molecule has 3 aromatic rings. The third-order valence-corrected chi connectivity index (χ3v) is 5.81. The first kappa shape index (κ1) is 18.3. The lowest BCUT2D eigenvalue weighted by atomic mass is 9.86. The molecule has 5 rings (SSSR count). The average Bonchev–Trinajstić information content (AvgIpc) is 3.38. The largest absolute Gasteiger partial charge is 0.480 e. The second kappa shape index (κ2) is 6.41. The van der Waals surface area contributed by atoms with Crippen LogP contribution >= 0.6 is 0 Å². The number of nitrogens with one attached hydrogen (secondary N) is 2. The summed E-state index contributed by atoms with van der Waals surface area (Å²) in [6, 6.07) is 5.04. The van der Waals surface area contributed by atoms with Crippen molar-refractivity contribution in [2.75, 3.05) is 22.1 Å². The van der Waals surface area contributed by atoms with Gasteiger partial charge in [-0.2, -0.15) is 4.98 Å². The zero-order chi connectivity index (χ0) is 21.0. The summed E-state index contributed by atoms with van der Waals surface area (Å²) >= 11 is 0. The van der Waals surface area contributed by atoms with Gasteiger partial charge >= 0.3 is 5.97 Å². The van der Waals surface area contributed by atoms with Gasteiger partial charge < -0.3 is 20.6 Å². The maximum absolute atomic E-state index is 12.2. The van der Waals surface area contributed by atoms with Crippen molar-refractivity contribution in [3.63, 3.8) is 0 Å². The Morgan fingerprint density at radius 2 is 2.20 bits per heavy atom. The summed E-state index contributed by atoms with van der Waals surface area (Å²) in [5.74, 6) is -0.0307. The number of hydrogen-bond donors (Lipinski definition) is 3. The molecule has 0 saturated carbocycles. The first-order chi connectivity index (χ1) is 14.3. The van der Waals surface area contributed by atoms with Gasteiger partial charge in [0.1, 0.15) is 6.04 Å². The number of aromatic nitrogens is 4. The van der Waals surface area contributed by atoms with Gasteiger partial charge in [0.15, 0.2) is 11.5 Å². The molecule has 154 valence electrons. The fourth-order valence-corrected chi connectivity index (χ4v) is 4.14. The molecular weight excluding hydrogens is 386 g/mol. The topological polar surface area (TPSA) is 125 Å². The molecular formula is C20H21N7O3. The van der Waals surface area contributed by atoms with Crippen molar-refractivity contribution in [1.82, 2.24) is 19.6 Å². The highest BCUT2D eigenvalue weighted by Crippen LogP contribution is 2.39. The number of carboxylic acid groups (broad SMARTS) is 1. The van der Waals surface area contributed by atoms with Crippen molar-refractivity contribution in [2.24, 2.45) is 0 Å². The number of aliphatic carboxylic acids is 1. The van der Waals surface area contributed by atoms with Gasteiger partial charge in [-0.1, -0.05) is 6.07 Å². The average molecular weight is 407 g/mol. The van der Waals surface area contributed by atoms with E-state index in [4.69, 9.17) is 0 Å². The monoisotopic (exact) mass is 407 g/mol. The summed E-state index contributed by atoms with van der Waals surface area (Å²) in [5.41, 5.74) is 2.38. The Bertz CT molecular complexity index is 1190. The summed E-state index contributed by atoms with van der Waals surface area (Å²) in [4.78, 5) is 34.4.